The molecule has 0 amide bonds. The largest absolute Gasteiger partial charge is 0.497 e. The lowest BCUT2D eigenvalue weighted by atomic mass is 10.2. The van der Waals surface area contributed by atoms with Crippen molar-refractivity contribution in [1.82, 2.24) is 4.72 Å². The molecule has 0 aliphatic rings. The molecule has 0 fully saturated rings. The molecule has 2 rings (SSSR count). The van der Waals surface area contributed by atoms with Crippen molar-refractivity contribution < 1.29 is 17.9 Å². The molecule has 1 N–H and O–H groups in total. The fourth-order valence-electron chi connectivity index (χ4n) is 1.89. The fourth-order valence-corrected chi connectivity index (χ4v) is 3.06. The number of sulfonamides is 1. The van der Waals surface area contributed by atoms with E-state index in [0.717, 1.165) is 0 Å². The number of hydrogen-bond acceptors (Lipinski definition) is 5. The molecule has 7 heteroatoms. The van der Waals surface area contributed by atoms with Gasteiger partial charge in [0.25, 0.3) is 0 Å². The van der Waals surface area contributed by atoms with E-state index >= 15 is 0 Å². The molecular weight excluding hydrogens is 316 g/mol. The number of benzene rings is 2. The van der Waals surface area contributed by atoms with Crippen LogP contribution in [0.5, 0.6) is 11.5 Å². The van der Waals surface area contributed by atoms with E-state index < -0.39 is 10.0 Å². The molecule has 6 nitrogen and oxygen atoms in total. The van der Waals surface area contributed by atoms with Crippen LogP contribution in [0.4, 0.5) is 0 Å². The van der Waals surface area contributed by atoms with Crippen LogP contribution in [0.3, 0.4) is 0 Å². The van der Waals surface area contributed by atoms with Gasteiger partial charge in [-0.15, -0.1) is 0 Å². The molecule has 0 saturated heterocycles. The van der Waals surface area contributed by atoms with Gasteiger partial charge in [-0.1, -0.05) is 12.1 Å². The van der Waals surface area contributed by atoms with Crippen molar-refractivity contribution in [3.05, 3.63) is 54.1 Å². The van der Waals surface area contributed by atoms with Crippen molar-refractivity contribution >= 4 is 10.0 Å². The van der Waals surface area contributed by atoms with Crippen molar-refractivity contribution in [3.63, 3.8) is 0 Å². The standard InChI is InChI=1S/C16H16N2O4S/c1-21-14-6-8-15(9-7-14)22-11-10-18-23(19,20)16-5-3-2-4-13(16)12-17/h2-9,18H,10-11H2,1H3. The fraction of sp³-hybridized carbons (Fsp3) is 0.188. The average Bonchev–Trinajstić information content (AvgIpc) is 2.59. The van der Waals surface area contributed by atoms with Crippen LogP contribution < -0.4 is 14.2 Å². The summed E-state index contributed by atoms with van der Waals surface area (Å²) in [5.74, 6) is 1.33. The van der Waals surface area contributed by atoms with E-state index in [1.54, 1.807) is 43.5 Å². The van der Waals surface area contributed by atoms with Gasteiger partial charge < -0.3 is 9.47 Å². The van der Waals surface area contributed by atoms with Crippen molar-refractivity contribution in [1.29, 1.82) is 5.26 Å². The zero-order chi connectivity index (χ0) is 16.7. The van der Waals surface area contributed by atoms with E-state index in [-0.39, 0.29) is 23.6 Å². The SMILES string of the molecule is COc1ccc(OCCNS(=O)(=O)c2ccccc2C#N)cc1. The minimum absolute atomic E-state index is 0.0352. The lowest BCUT2D eigenvalue weighted by Crippen LogP contribution is -2.28. The Morgan fingerprint density at radius 3 is 2.39 bits per heavy atom. The molecule has 0 aromatic heterocycles. The van der Waals surface area contributed by atoms with E-state index in [1.807, 2.05) is 6.07 Å². The highest BCUT2D eigenvalue weighted by atomic mass is 32.2. The minimum atomic E-state index is -3.74. The zero-order valence-corrected chi connectivity index (χ0v) is 13.3. The number of rotatable bonds is 7. The molecule has 0 unspecified atom stereocenters. The van der Waals surface area contributed by atoms with Crippen molar-refractivity contribution in [2.75, 3.05) is 20.3 Å². The second kappa shape index (κ2) is 7.63. The first-order chi connectivity index (χ1) is 11.1. The zero-order valence-electron chi connectivity index (χ0n) is 12.5. The van der Waals surface area contributed by atoms with Crippen LogP contribution in [-0.4, -0.2) is 28.7 Å². The van der Waals surface area contributed by atoms with Crippen LogP contribution in [0, 0.1) is 11.3 Å². The minimum Gasteiger partial charge on any atom is -0.497 e. The molecule has 0 bridgehead atoms. The summed E-state index contributed by atoms with van der Waals surface area (Å²) in [6.07, 6.45) is 0. The predicted octanol–water partition coefficient (Wildman–Crippen LogP) is 1.92. The molecule has 2 aromatic rings. The topological polar surface area (TPSA) is 88.4 Å². The molecule has 0 aliphatic carbocycles. The molecule has 0 spiro atoms. The number of nitrogens with one attached hydrogen (secondary N) is 1. The van der Waals surface area contributed by atoms with Gasteiger partial charge in [0.05, 0.1) is 17.6 Å². The molecule has 0 radical (unpaired) electrons. The highest BCUT2D eigenvalue weighted by Gasteiger charge is 2.17. The third-order valence-electron chi connectivity index (χ3n) is 3.02. The second-order valence-electron chi connectivity index (χ2n) is 4.53. The first-order valence-corrected chi connectivity index (χ1v) is 8.31. The van der Waals surface area contributed by atoms with Crippen LogP contribution >= 0.6 is 0 Å². The highest BCUT2D eigenvalue weighted by Crippen LogP contribution is 2.17. The van der Waals surface area contributed by atoms with E-state index in [4.69, 9.17) is 14.7 Å². The molecule has 0 atom stereocenters. The first kappa shape index (κ1) is 16.8. The van der Waals surface area contributed by atoms with Crippen LogP contribution in [-0.2, 0) is 10.0 Å². The quantitative estimate of drug-likeness (QED) is 0.783. The number of methoxy groups -OCH3 is 1. The lowest BCUT2D eigenvalue weighted by Gasteiger charge is -2.09. The molecule has 120 valence electrons. The normalized spacial score (nSPS) is 10.8. The van der Waals surface area contributed by atoms with Crippen LogP contribution in [0.15, 0.2) is 53.4 Å². The predicted molar refractivity (Wildman–Crippen MR) is 84.8 cm³/mol. The smallest absolute Gasteiger partial charge is 0.242 e. The summed E-state index contributed by atoms with van der Waals surface area (Å²) >= 11 is 0. The number of nitriles is 1. The maximum Gasteiger partial charge on any atom is 0.242 e. The monoisotopic (exact) mass is 332 g/mol. The summed E-state index contributed by atoms with van der Waals surface area (Å²) in [7, 11) is -2.17. The van der Waals surface area contributed by atoms with Crippen LogP contribution in [0.1, 0.15) is 5.56 Å². The highest BCUT2D eigenvalue weighted by molar-refractivity contribution is 7.89. The summed E-state index contributed by atoms with van der Waals surface area (Å²) in [5, 5.41) is 8.97. The molecule has 2 aromatic carbocycles. The summed E-state index contributed by atoms with van der Waals surface area (Å²) in [6, 6.07) is 14.9. The van der Waals surface area contributed by atoms with Gasteiger partial charge >= 0.3 is 0 Å². The molecule has 0 saturated carbocycles. The van der Waals surface area contributed by atoms with Gasteiger partial charge in [-0.3, -0.25) is 0 Å². The average molecular weight is 332 g/mol. The van der Waals surface area contributed by atoms with Gasteiger partial charge in [0.2, 0.25) is 10.0 Å². The van der Waals surface area contributed by atoms with E-state index in [0.29, 0.717) is 11.5 Å². The van der Waals surface area contributed by atoms with Gasteiger partial charge in [0.15, 0.2) is 0 Å². The van der Waals surface area contributed by atoms with Crippen LogP contribution in [0.2, 0.25) is 0 Å². The Labute approximate surface area is 135 Å². The number of nitrogens with zero attached hydrogens (tertiary/aromatic N) is 1. The van der Waals surface area contributed by atoms with Crippen LogP contribution in [0.25, 0.3) is 0 Å². The summed E-state index contributed by atoms with van der Waals surface area (Å²) < 4.78 is 37.2. The Kier molecular flexibility index (Phi) is 5.57. The van der Waals surface area contributed by atoms with Crippen molar-refractivity contribution in [2.45, 2.75) is 4.90 Å². The Bertz CT molecular complexity index is 796. The number of ether oxygens (including phenoxy) is 2. The molecule has 23 heavy (non-hydrogen) atoms. The Balaban J connectivity index is 1.91. The Morgan fingerprint density at radius 2 is 1.74 bits per heavy atom. The van der Waals surface area contributed by atoms with E-state index in [1.165, 1.54) is 12.1 Å². The number of hydrogen-bond donors (Lipinski definition) is 1. The third-order valence-corrected chi connectivity index (χ3v) is 4.54. The summed E-state index contributed by atoms with van der Waals surface area (Å²) in [6.45, 7) is 0.258. The van der Waals surface area contributed by atoms with E-state index in [9.17, 15) is 8.42 Å². The lowest BCUT2D eigenvalue weighted by molar-refractivity contribution is 0.322. The third kappa shape index (κ3) is 4.45. The van der Waals surface area contributed by atoms with Gasteiger partial charge in [0.1, 0.15) is 24.2 Å². The van der Waals surface area contributed by atoms with Crippen molar-refractivity contribution in [2.24, 2.45) is 0 Å². The maximum atomic E-state index is 12.2. The molecule has 0 aliphatic heterocycles. The van der Waals surface area contributed by atoms with Gasteiger partial charge in [-0.25, -0.2) is 13.1 Å². The summed E-state index contributed by atoms with van der Waals surface area (Å²) in [4.78, 5) is -0.0352. The Hall–Kier alpha value is -2.56. The molecular formula is C16H16N2O4S. The van der Waals surface area contributed by atoms with Gasteiger partial charge in [-0.2, -0.15) is 5.26 Å². The molecule has 0 heterocycles. The Morgan fingerprint density at radius 1 is 1.09 bits per heavy atom. The van der Waals surface area contributed by atoms with E-state index in [2.05, 4.69) is 4.72 Å². The van der Waals surface area contributed by atoms with Gasteiger partial charge in [0, 0.05) is 6.54 Å². The maximum absolute atomic E-state index is 12.2. The van der Waals surface area contributed by atoms with Gasteiger partial charge in [-0.05, 0) is 36.4 Å². The summed E-state index contributed by atoms with van der Waals surface area (Å²) in [5.41, 5.74) is 0.107. The second-order valence-corrected chi connectivity index (χ2v) is 6.27. The van der Waals surface area contributed by atoms with Crippen molar-refractivity contribution in [3.8, 4) is 17.6 Å². The first-order valence-electron chi connectivity index (χ1n) is 6.82.